The van der Waals surface area contributed by atoms with Gasteiger partial charge in [-0.25, -0.2) is 4.79 Å². The standard InChI is InChI=1S/C11H13ClO2/c1-3-14-11(13)10-6-4-9(5-7-10)8(2)12/h4-8H,3H2,1-2H3. The minimum Gasteiger partial charge on any atom is -0.462 e. The summed E-state index contributed by atoms with van der Waals surface area (Å²) in [5, 5.41) is -0.0359. The molecule has 1 unspecified atom stereocenters. The monoisotopic (exact) mass is 212 g/mol. The molecule has 14 heavy (non-hydrogen) atoms. The van der Waals surface area contributed by atoms with Crippen LogP contribution >= 0.6 is 11.6 Å². The number of hydrogen-bond donors (Lipinski definition) is 0. The van der Waals surface area contributed by atoms with Crippen molar-refractivity contribution in [3.05, 3.63) is 35.4 Å². The highest BCUT2D eigenvalue weighted by molar-refractivity contribution is 6.20. The number of hydrogen-bond acceptors (Lipinski definition) is 2. The Hall–Kier alpha value is -1.02. The molecule has 0 aromatic heterocycles. The van der Waals surface area contributed by atoms with Gasteiger partial charge in [-0.1, -0.05) is 12.1 Å². The Kier molecular flexibility index (Phi) is 3.96. The highest BCUT2D eigenvalue weighted by Crippen LogP contribution is 2.19. The first-order chi connectivity index (χ1) is 6.65. The van der Waals surface area contributed by atoms with E-state index in [9.17, 15) is 4.79 Å². The SMILES string of the molecule is CCOC(=O)c1ccc(C(C)Cl)cc1. The Morgan fingerprint density at radius 2 is 2.00 bits per heavy atom. The molecule has 1 aromatic carbocycles. The van der Waals surface area contributed by atoms with Crippen LogP contribution in [0, 0.1) is 0 Å². The number of carbonyl (C=O) groups is 1. The second-order valence-electron chi connectivity index (χ2n) is 2.96. The zero-order chi connectivity index (χ0) is 10.6. The maximum absolute atomic E-state index is 11.3. The van der Waals surface area contributed by atoms with Crippen LogP contribution in [0.1, 0.15) is 35.1 Å². The van der Waals surface area contributed by atoms with Gasteiger partial charge in [-0.3, -0.25) is 0 Å². The molecule has 0 aliphatic heterocycles. The summed E-state index contributed by atoms with van der Waals surface area (Å²) in [6.07, 6.45) is 0. The van der Waals surface area contributed by atoms with Crippen LogP contribution in [0.15, 0.2) is 24.3 Å². The predicted molar refractivity (Wildman–Crippen MR) is 56.7 cm³/mol. The zero-order valence-corrected chi connectivity index (χ0v) is 9.04. The molecule has 0 saturated carbocycles. The van der Waals surface area contributed by atoms with Crippen LogP contribution in [-0.2, 0) is 4.74 Å². The van der Waals surface area contributed by atoms with Crippen molar-refractivity contribution in [1.29, 1.82) is 0 Å². The van der Waals surface area contributed by atoms with E-state index in [1.165, 1.54) is 0 Å². The minimum absolute atomic E-state index is 0.0359. The van der Waals surface area contributed by atoms with Crippen molar-refractivity contribution in [3.8, 4) is 0 Å². The van der Waals surface area contributed by atoms with Crippen LogP contribution in [-0.4, -0.2) is 12.6 Å². The van der Waals surface area contributed by atoms with Crippen LogP contribution in [0.3, 0.4) is 0 Å². The molecule has 0 aliphatic rings. The second kappa shape index (κ2) is 5.01. The number of halogens is 1. The first kappa shape index (κ1) is 11.1. The van der Waals surface area contributed by atoms with E-state index < -0.39 is 0 Å². The van der Waals surface area contributed by atoms with Gasteiger partial charge in [-0.15, -0.1) is 11.6 Å². The fourth-order valence-corrected chi connectivity index (χ4v) is 1.24. The summed E-state index contributed by atoms with van der Waals surface area (Å²) < 4.78 is 4.86. The van der Waals surface area contributed by atoms with Crippen LogP contribution in [0.2, 0.25) is 0 Å². The Balaban J connectivity index is 2.78. The average Bonchev–Trinajstić information content (AvgIpc) is 2.18. The van der Waals surface area contributed by atoms with Gasteiger partial charge in [0.15, 0.2) is 0 Å². The fraction of sp³-hybridized carbons (Fsp3) is 0.364. The molecule has 1 rings (SSSR count). The quantitative estimate of drug-likeness (QED) is 0.568. The lowest BCUT2D eigenvalue weighted by molar-refractivity contribution is 0.0526. The van der Waals surface area contributed by atoms with Gasteiger partial charge in [0.25, 0.3) is 0 Å². The van der Waals surface area contributed by atoms with E-state index in [0.717, 1.165) is 5.56 Å². The number of alkyl halides is 1. The molecule has 0 saturated heterocycles. The largest absolute Gasteiger partial charge is 0.462 e. The summed E-state index contributed by atoms with van der Waals surface area (Å²) in [5.41, 5.74) is 1.56. The van der Waals surface area contributed by atoms with Crippen molar-refractivity contribution < 1.29 is 9.53 Å². The Morgan fingerprint density at radius 3 is 2.43 bits per heavy atom. The predicted octanol–water partition coefficient (Wildman–Crippen LogP) is 3.16. The summed E-state index contributed by atoms with van der Waals surface area (Å²) in [6, 6.07) is 7.13. The summed E-state index contributed by atoms with van der Waals surface area (Å²) in [6.45, 7) is 4.07. The van der Waals surface area contributed by atoms with E-state index in [4.69, 9.17) is 16.3 Å². The minimum atomic E-state index is -0.290. The van der Waals surface area contributed by atoms with Gasteiger partial charge in [0.2, 0.25) is 0 Å². The van der Waals surface area contributed by atoms with Crippen LogP contribution in [0.4, 0.5) is 0 Å². The molecule has 0 spiro atoms. The van der Waals surface area contributed by atoms with Crippen molar-refractivity contribution in [1.82, 2.24) is 0 Å². The Morgan fingerprint density at radius 1 is 1.43 bits per heavy atom. The molecule has 0 fully saturated rings. The van der Waals surface area contributed by atoms with Crippen molar-refractivity contribution in [2.75, 3.05) is 6.61 Å². The van der Waals surface area contributed by atoms with E-state index in [2.05, 4.69) is 0 Å². The second-order valence-corrected chi connectivity index (χ2v) is 3.61. The highest BCUT2D eigenvalue weighted by atomic mass is 35.5. The molecule has 2 nitrogen and oxygen atoms in total. The van der Waals surface area contributed by atoms with Crippen LogP contribution in [0.25, 0.3) is 0 Å². The van der Waals surface area contributed by atoms with Crippen LogP contribution < -0.4 is 0 Å². The summed E-state index contributed by atoms with van der Waals surface area (Å²) >= 11 is 5.88. The maximum Gasteiger partial charge on any atom is 0.338 e. The van der Waals surface area contributed by atoms with E-state index in [0.29, 0.717) is 12.2 Å². The molecule has 0 bridgehead atoms. The van der Waals surface area contributed by atoms with Gasteiger partial charge in [0.1, 0.15) is 0 Å². The fourth-order valence-electron chi connectivity index (χ4n) is 1.10. The smallest absolute Gasteiger partial charge is 0.338 e. The van der Waals surface area contributed by atoms with Gasteiger partial charge in [0, 0.05) is 0 Å². The number of benzene rings is 1. The first-order valence-electron chi connectivity index (χ1n) is 4.56. The molecule has 1 atom stereocenters. The van der Waals surface area contributed by atoms with Crippen molar-refractivity contribution >= 4 is 17.6 Å². The molecule has 3 heteroatoms. The van der Waals surface area contributed by atoms with Crippen molar-refractivity contribution in [2.45, 2.75) is 19.2 Å². The van der Waals surface area contributed by atoms with Gasteiger partial charge < -0.3 is 4.74 Å². The molecule has 76 valence electrons. The van der Waals surface area contributed by atoms with E-state index in [1.54, 1.807) is 19.1 Å². The molecule has 0 radical (unpaired) electrons. The lowest BCUT2D eigenvalue weighted by Crippen LogP contribution is -2.04. The van der Waals surface area contributed by atoms with Gasteiger partial charge >= 0.3 is 5.97 Å². The molecule has 0 N–H and O–H groups in total. The third kappa shape index (κ3) is 2.74. The van der Waals surface area contributed by atoms with E-state index in [-0.39, 0.29) is 11.3 Å². The van der Waals surface area contributed by atoms with Gasteiger partial charge in [-0.2, -0.15) is 0 Å². The molecular formula is C11H13ClO2. The Bertz CT molecular complexity index is 304. The summed E-state index contributed by atoms with van der Waals surface area (Å²) in [7, 11) is 0. The normalized spacial score (nSPS) is 12.2. The van der Waals surface area contributed by atoms with Gasteiger partial charge in [0.05, 0.1) is 17.5 Å². The maximum atomic E-state index is 11.3. The number of esters is 1. The zero-order valence-electron chi connectivity index (χ0n) is 8.29. The number of rotatable bonds is 3. The van der Waals surface area contributed by atoms with Crippen LogP contribution in [0.5, 0.6) is 0 Å². The lowest BCUT2D eigenvalue weighted by atomic mass is 10.1. The molecule has 0 amide bonds. The molecule has 0 aliphatic carbocycles. The lowest BCUT2D eigenvalue weighted by Gasteiger charge is -2.04. The Labute approximate surface area is 88.8 Å². The summed E-state index contributed by atoms with van der Waals surface area (Å²) in [4.78, 5) is 11.3. The van der Waals surface area contributed by atoms with Gasteiger partial charge in [-0.05, 0) is 31.5 Å². The summed E-state index contributed by atoms with van der Waals surface area (Å²) in [5.74, 6) is -0.290. The first-order valence-corrected chi connectivity index (χ1v) is 5.00. The number of ether oxygens (including phenoxy) is 1. The number of carbonyl (C=O) groups excluding carboxylic acids is 1. The highest BCUT2D eigenvalue weighted by Gasteiger charge is 2.06. The topological polar surface area (TPSA) is 26.3 Å². The third-order valence-electron chi connectivity index (χ3n) is 1.88. The van der Waals surface area contributed by atoms with Crippen molar-refractivity contribution in [3.63, 3.8) is 0 Å². The van der Waals surface area contributed by atoms with E-state index in [1.807, 2.05) is 19.1 Å². The third-order valence-corrected chi connectivity index (χ3v) is 2.13. The molecular weight excluding hydrogens is 200 g/mol. The molecule has 1 aromatic rings. The van der Waals surface area contributed by atoms with E-state index >= 15 is 0 Å². The van der Waals surface area contributed by atoms with Crippen molar-refractivity contribution in [2.24, 2.45) is 0 Å². The average molecular weight is 213 g/mol. The molecule has 0 heterocycles.